The molecule has 0 aliphatic heterocycles. The summed E-state index contributed by atoms with van der Waals surface area (Å²) in [6.07, 6.45) is -0.831. The maximum Gasteiger partial charge on any atom is 0.316 e. The van der Waals surface area contributed by atoms with Gasteiger partial charge in [-0.15, -0.1) is 0 Å². The van der Waals surface area contributed by atoms with Crippen molar-refractivity contribution in [2.45, 2.75) is 13.0 Å². The van der Waals surface area contributed by atoms with Gasteiger partial charge in [0, 0.05) is 0 Å². The lowest BCUT2D eigenvalue weighted by molar-refractivity contribution is -0.148. The van der Waals surface area contributed by atoms with Crippen LogP contribution in [0.2, 0.25) is 0 Å². The summed E-state index contributed by atoms with van der Waals surface area (Å²) < 4.78 is 4.94. The molecule has 16 heavy (non-hydrogen) atoms. The van der Waals surface area contributed by atoms with E-state index < -0.39 is 18.0 Å². The molecule has 0 spiro atoms. The number of hydrogen-bond acceptors (Lipinski definition) is 3. The molecule has 1 aliphatic rings. The number of hydrogen-bond donors (Lipinski definition) is 1. The molecule has 1 aromatic carbocycles. The standard InChI is InChI=1S/C13H14O3/c1-3-16-13(15)11-8(2)9-6-4-5-7-10(9)12(11)14/h4-7,11-12,14H,2-3H2,1H3/t11-,12+/m0/s1. The number of aliphatic hydroxyl groups excluding tert-OH is 1. The van der Waals surface area contributed by atoms with Crippen molar-refractivity contribution in [3.63, 3.8) is 0 Å². The van der Waals surface area contributed by atoms with E-state index in [1.807, 2.05) is 24.3 Å². The van der Waals surface area contributed by atoms with E-state index >= 15 is 0 Å². The van der Waals surface area contributed by atoms with Gasteiger partial charge in [-0.1, -0.05) is 30.8 Å². The predicted octanol–water partition coefficient (Wildman–Crippen LogP) is 1.93. The van der Waals surface area contributed by atoms with Gasteiger partial charge in [0.15, 0.2) is 0 Å². The number of carbonyl (C=O) groups is 1. The highest BCUT2D eigenvalue weighted by Crippen LogP contribution is 2.43. The van der Waals surface area contributed by atoms with Gasteiger partial charge in [-0.25, -0.2) is 0 Å². The normalized spacial score (nSPS) is 23.0. The lowest BCUT2D eigenvalue weighted by Gasteiger charge is -2.14. The molecule has 0 bridgehead atoms. The van der Waals surface area contributed by atoms with E-state index in [1.165, 1.54) is 0 Å². The Hall–Kier alpha value is -1.61. The molecule has 0 unspecified atom stereocenters. The van der Waals surface area contributed by atoms with Gasteiger partial charge in [-0.3, -0.25) is 4.79 Å². The minimum absolute atomic E-state index is 0.311. The highest BCUT2D eigenvalue weighted by molar-refractivity contribution is 5.92. The molecule has 2 atom stereocenters. The average Bonchev–Trinajstić information content (AvgIpc) is 2.53. The fourth-order valence-corrected chi connectivity index (χ4v) is 2.09. The fourth-order valence-electron chi connectivity index (χ4n) is 2.09. The molecule has 3 heteroatoms. The second-order valence-electron chi connectivity index (χ2n) is 3.79. The van der Waals surface area contributed by atoms with Crippen LogP contribution in [0.5, 0.6) is 0 Å². The average molecular weight is 218 g/mol. The molecule has 0 heterocycles. The molecule has 0 aromatic heterocycles. The van der Waals surface area contributed by atoms with Crippen molar-refractivity contribution in [3.05, 3.63) is 42.0 Å². The molecule has 2 rings (SSSR count). The summed E-state index contributed by atoms with van der Waals surface area (Å²) in [7, 11) is 0. The summed E-state index contributed by atoms with van der Waals surface area (Å²) in [6, 6.07) is 7.37. The van der Waals surface area contributed by atoms with Crippen LogP contribution in [-0.4, -0.2) is 17.7 Å². The summed E-state index contributed by atoms with van der Waals surface area (Å²) in [5.41, 5.74) is 2.25. The third-order valence-electron chi connectivity index (χ3n) is 2.86. The largest absolute Gasteiger partial charge is 0.465 e. The lowest BCUT2D eigenvalue weighted by atomic mass is 10.0. The summed E-state index contributed by atoms with van der Waals surface area (Å²) in [4.78, 5) is 11.7. The van der Waals surface area contributed by atoms with Crippen molar-refractivity contribution >= 4 is 11.5 Å². The van der Waals surface area contributed by atoms with Crippen LogP contribution in [-0.2, 0) is 9.53 Å². The summed E-state index contributed by atoms with van der Waals surface area (Å²) in [5.74, 6) is -1.06. The number of fused-ring (bicyclic) bond motifs is 1. The first kappa shape index (κ1) is 10.9. The Morgan fingerprint density at radius 3 is 2.81 bits per heavy atom. The van der Waals surface area contributed by atoms with Crippen LogP contribution in [0.25, 0.3) is 5.57 Å². The Morgan fingerprint density at radius 2 is 2.19 bits per heavy atom. The number of carbonyl (C=O) groups excluding carboxylic acids is 1. The van der Waals surface area contributed by atoms with Gasteiger partial charge in [-0.2, -0.15) is 0 Å². The number of aliphatic hydroxyl groups is 1. The van der Waals surface area contributed by atoms with Crippen LogP contribution in [0.3, 0.4) is 0 Å². The van der Waals surface area contributed by atoms with Crippen molar-refractivity contribution in [2.24, 2.45) is 5.92 Å². The van der Waals surface area contributed by atoms with Crippen LogP contribution in [0.1, 0.15) is 24.2 Å². The third-order valence-corrected chi connectivity index (χ3v) is 2.86. The monoisotopic (exact) mass is 218 g/mol. The van der Waals surface area contributed by atoms with Crippen molar-refractivity contribution in [1.29, 1.82) is 0 Å². The van der Waals surface area contributed by atoms with Gasteiger partial charge in [0.25, 0.3) is 0 Å². The summed E-state index contributed by atoms with van der Waals surface area (Å²) in [6.45, 7) is 5.93. The lowest BCUT2D eigenvalue weighted by Crippen LogP contribution is -2.20. The molecule has 1 aliphatic carbocycles. The van der Waals surface area contributed by atoms with Crippen LogP contribution in [0.15, 0.2) is 30.8 Å². The predicted molar refractivity (Wildman–Crippen MR) is 60.6 cm³/mol. The quantitative estimate of drug-likeness (QED) is 0.771. The maximum atomic E-state index is 11.7. The number of esters is 1. The molecule has 1 N–H and O–H groups in total. The van der Waals surface area contributed by atoms with Crippen molar-refractivity contribution in [2.75, 3.05) is 6.61 Å². The zero-order chi connectivity index (χ0) is 11.7. The number of rotatable bonds is 2. The second kappa shape index (κ2) is 4.10. The second-order valence-corrected chi connectivity index (χ2v) is 3.79. The molecule has 0 saturated carbocycles. The first-order valence-corrected chi connectivity index (χ1v) is 5.29. The molecule has 84 valence electrons. The van der Waals surface area contributed by atoms with Crippen molar-refractivity contribution < 1.29 is 14.6 Å². The van der Waals surface area contributed by atoms with Crippen molar-refractivity contribution in [3.8, 4) is 0 Å². The molecular weight excluding hydrogens is 204 g/mol. The Bertz CT molecular complexity index is 437. The van der Waals surface area contributed by atoms with Crippen LogP contribution in [0, 0.1) is 5.92 Å². The van der Waals surface area contributed by atoms with Crippen molar-refractivity contribution in [1.82, 2.24) is 0 Å². The minimum Gasteiger partial charge on any atom is -0.465 e. The van der Waals surface area contributed by atoms with Crippen LogP contribution < -0.4 is 0 Å². The van der Waals surface area contributed by atoms with E-state index in [0.717, 1.165) is 11.1 Å². The van der Waals surface area contributed by atoms with E-state index in [0.29, 0.717) is 12.2 Å². The van der Waals surface area contributed by atoms with E-state index in [4.69, 9.17) is 4.74 Å². The first-order chi connectivity index (χ1) is 7.66. The Morgan fingerprint density at radius 1 is 1.50 bits per heavy atom. The molecule has 0 amide bonds. The molecule has 3 nitrogen and oxygen atoms in total. The number of benzene rings is 1. The smallest absolute Gasteiger partial charge is 0.316 e. The first-order valence-electron chi connectivity index (χ1n) is 5.29. The summed E-state index contributed by atoms with van der Waals surface area (Å²) in [5, 5.41) is 10.0. The Kier molecular flexibility index (Phi) is 2.79. The van der Waals surface area contributed by atoms with Gasteiger partial charge in [-0.05, 0) is 23.6 Å². The van der Waals surface area contributed by atoms with Gasteiger partial charge in [0.05, 0.1) is 12.7 Å². The highest BCUT2D eigenvalue weighted by atomic mass is 16.5. The topological polar surface area (TPSA) is 46.5 Å². The zero-order valence-corrected chi connectivity index (χ0v) is 9.14. The van der Waals surface area contributed by atoms with Crippen LogP contribution in [0.4, 0.5) is 0 Å². The minimum atomic E-state index is -0.831. The van der Waals surface area contributed by atoms with Crippen LogP contribution >= 0.6 is 0 Å². The molecular formula is C13H14O3. The number of ether oxygens (including phenoxy) is 1. The molecule has 0 radical (unpaired) electrons. The third kappa shape index (κ3) is 1.53. The Balaban J connectivity index is 2.35. The molecule has 1 aromatic rings. The van der Waals surface area contributed by atoms with E-state index in [2.05, 4.69) is 6.58 Å². The summed E-state index contributed by atoms with van der Waals surface area (Å²) >= 11 is 0. The Labute approximate surface area is 94.4 Å². The zero-order valence-electron chi connectivity index (χ0n) is 9.14. The van der Waals surface area contributed by atoms with Gasteiger partial charge in [0.2, 0.25) is 0 Å². The van der Waals surface area contributed by atoms with Gasteiger partial charge >= 0.3 is 5.97 Å². The van der Waals surface area contributed by atoms with E-state index in [1.54, 1.807) is 6.92 Å². The molecule has 0 saturated heterocycles. The van der Waals surface area contributed by atoms with E-state index in [9.17, 15) is 9.90 Å². The SMILES string of the molecule is C=C1c2ccccc2[C@@H](O)[C@H]1C(=O)OCC. The van der Waals surface area contributed by atoms with Gasteiger partial charge in [0.1, 0.15) is 5.92 Å². The highest BCUT2D eigenvalue weighted by Gasteiger charge is 2.39. The maximum absolute atomic E-state index is 11.7. The van der Waals surface area contributed by atoms with Gasteiger partial charge < -0.3 is 9.84 Å². The fraction of sp³-hybridized carbons (Fsp3) is 0.308. The van der Waals surface area contributed by atoms with E-state index in [-0.39, 0.29) is 0 Å². The molecule has 0 fully saturated rings.